The molecule has 0 fully saturated rings. The maximum Gasteiger partial charge on any atom is 0.314 e. The number of carbonyl (C=O) groups excluding carboxylic acids is 3. The lowest BCUT2D eigenvalue weighted by Crippen LogP contribution is -2.27. The maximum absolute atomic E-state index is 12.0. The number of hydrazone groups is 1. The summed E-state index contributed by atoms with van der Waals surface area (Å²) in [6, 6.07) is 5.22. The van der Waals surface area contributed by atoms with Crippen LogP contribution in [0.15, 0.2) is 23.3 Å². The van der Waals surface area contributed by atoms with E-state index < -0.39 is 11.8 Å². The van der Waals surface area contributed by atoms with Crippen LogP contribution in [0.4, 0.5) is 5.69 Å². The van der Waals surface area contributed by atoms with Crippen LogP contribution in [0, 0.1) is 12.8 Å². The fraction of sp³-hybridized carbons (Fsp3) is 0.474. The van der Waals surface area contributed by atoms with Crippen molar-refractivity contribution in [3.05, 3.63) is 28.8 Å². The van der Waals surface area contributed by atoms with Crippen molar-refractivity contribution in [2.75, 3.05) is 11.9 Å². The molecule has 0 saturated heterocycles. The first-order valence-electron chi connectivity index (χ1n) is 8.84. The molecule has 1 aromatic carbocycles. The fourth-order valence-corrected chi connectivity index (χ4v) is 2.52. The zero-order chi connectivity index (χ0) is 20.4. The number of esters is 1. The monoisotopic (exact) mass is 395 g/mol. The van der Waals surface area contributed by atoms with E-state index >= 15 is 0 Å². The Labute approximate surface area is 164 Å². The minimum absolute atomic E-state index is 0.00143. The fourth-order valence-electron chi connectivity index (χ4n) is 2.34. The van der Waals surface area contributed by atoms with E-state index in [1.807, 2.05) is 6.92 Å². The van der Waals surface area contributed by atoms with E-state index in [9.17, 15) is 14.4 Å². The lowest BCUT2D eigenvalue weighted by molar-refractivity contribution is -0.145. The third-order valence-corrected chi connectivity index (χ3v) is 4.37. The van der Waals surface area contributed by atoms with Crippen LogP contribution in [0.25, 0.3) is 0 Å². The van der Waals surface area contributed by atoms with E-state index in [0.29, 0.717) is 22.8 Å². The molecule has 1 unspecified atom stereocenters. The van der Waals surface area contributed by atoms with Crippen molar-refractivity contribution in [1.82, 2.24) is 5.43 Å². The van der Waals surface area contributed by atoms with Gasteiger partial charge in [0.05, 0.1) is 12.5 Å². The number of anilines is 1. The standard InChI is InChI=1S/C19H26ClN3O4/c1-5-14(19(26)27-6-2)13(4)22-23-18(25)11-10-17(24)21-16-9-7-8-15(20)12(16)3/h7-9,14H,5-6,10-11H2,1-4H3,(H,21,24)(H,23,25)/b22-13+. The van der Waals surface area contributed by atoms with Gasteiger partial charge in [-0.2, -0.15) is 5.10 Å². The van der Waals surface area contributed by atoms with Crippen molar-refractivity contribution in [1.29, 1.82) is 0 Å². The van der Waals surface area contributed by atoms with Gasteiger partial charge < -0.3 is 10.1 Å². The van der Waals surface area contributed by atoms with E-state index in [-0.39, 0.29) is 31.3 Å². The summed E-state index contributed by atoms with van der Waals surface area (Å²) >= 11 is 6.01. The van der Waals surface area contributed by atoms with Gasteiger partial charge >= 0.3 is 5.97 Å². The molecule has 148 valence electrons. The van der Waals surface area contributed by atoms with Crippen LogP contribution in [0.2, 0.25) is 5.02 Å². The highest BCUT2D eigenvalue weighted by Crippen LogP contribution is 2.23. The number of carbonyl (C=O) groups is 3. The van der Waals surface area contributed by atoms with Crippen molar-refractivity contribution in [2.45, 2.75) is 47.0 Å². The average Bonchev–Trinajstić information content (AvgIpc) is 2.63. The summed E-state index contributed by atoms with van der Waals surface area (Å²) in [4.78, 5) is 35.7. The maximum atomic E-state index is 12.0. The molecular formula is C19H26ClN3O4. The molecule has 0 aromatic heterocycles. The van der Waals surface area contributed by atoms with Gasteiger partial charge in [0.2, 0.25) is 11.8 Å². The predicted molar refractivity (Wildman–Crippen MR) is 106 cm³/mol. The molecule has 2 amide bonds. The molecule has 7 nitrogen and oxygen atoms in total. The molecule has 1 aromatic rings. The van der Waals surface area contributed by atoms with Gasteiger partial charge in [-0.1, -0.05) is 24.6 Å². The minimum atomic E-state index is -0.501. The van der Waals surface area contributed by atoms with Crippen molar-refractivity contribution in [3.8, 4) is 0 Å². The van der Waals surface area contributed by atoms with E-state index in [1.54, 1.807) is 39.0 Å². The summed E-state index contributed by atoms with van der Waals surface area (Å²) in [5.74, 6) is -1.58. The molecule has 8 heteroatoms. The van der Waals surface area contributed by atoms with Crippen molar-refractivity contribution >= 4 is 40.8 Å². The molecule has 0 radical (unpaired) electrons. The second kappa shape index (κ2) is 11.3. The Bertz CT molecular complexity index is 719. The van der Waals surface area contributed by atoms with Gasteiger partial charge in [0.1, 0.15) is 0 Å². The Morgan fingerprint density at radius 1 is 1.19 bits per heavy atom. The largest absolute Gasteiger partial charge is 0.465 e. The number of halogens is 1. The number of benzene rings is 1. The van der Waals surface area contributed by atoms with Gasteiger partial charge in [-0.25, -0.2) is 5.43 Å². The number of amides is 2. The Kier molecular flexibility index (Phi) is 9.50. The van der Waals surface area contributed by atoms with Crippen LogP contribution in [-0.4, -0.2) is 30.1 Å². The molecule has 1 atom stereocenters. The van der Waals surface area contributed by atoms with Crippen LogP contribution in [-0.2, 0) is 19.1 Å². The number of rotatable bonds is 9. The molecule has 0 spiro atoms. The zero-order valence-electron chi connectivity index (χ0n) is 16.1. The van der Waals surface area contributed by atoms with Crippen molar-refractivity contribution in [3.63, 3.8) is 0 Å². The number of hydrogen-bond donors (Lipinski definition) is 2. The van der Waals surface area contributed by atoms with Gasteiger partial charge in [-0.3, -0.25) is 14.4 Å². The quantitative estimate of drug-likeness (QED) is 0.380. The Balaban J connectivity index is 2.51. The zero-order valence-corrected chi connectivity index (χ0v) is 16.9. The molecule has 27 heavy (non-hydrogen) atoms. The summed E-state index contributed by atoms with van der Waals surface area (Å²) in [5, 5.41) is 7.24. The summed E-state index contributed by atoms with van der Waals surface area (Å²) < 4.78 is 4.98. The molecular weight excluding hydrogens is 370 g/mol. The average molecular weight is 396 g/mol. The summed E-state index contributed by atoms with van der Waals surface area (Å²) in [7, 11) is 0. The highest BCUT2D eigenvalue weighted by molar-refractivity contribution is 6.31. The second-order valence-electron chi connectivity index (χ2n) is 5.96. The normalized spacial score (nSPS) is 12.3. The Morgan fingerprint density at radius 3 is 2.48 bits per heavy atom. The van der Waals surface area contributed by atoms with Gasteiger partial charge in [0.25, 0.3) is 0 Å². The minimum Gasteiger partial charge on any atom is -0.465 e. The van der Waals surface area contributed by atoms with Gasteiger partial charge in [-0.05, 0) is 44.9 Å². The first-order valence-corrected chi connectivity index (χ1v) is 9.22. The molecule has 2 N–H and O–H groups in total. The number of nitrogens with one attached hydrogen (secondary N) is 2. The third-order valence-electron chi connectivity index (χ3n) is 3.96. The first-order chi connectivity index (χ1) is 12.8. The predicted octanol–water partition coefficient (Wildman–Crippen LogP) is 3.45. The van der Waals surface area contributed by atoms with Gasteiger partial charge in [0.15, 0.2) is 0 Å². The Hall–Kier alpha value is -2.41. The van der Waals surface area contributed by atoms with Crippen molar-refractivity contribution < 1.29 is 19.1 Å². The van der Waals surface area contributed by atoms with Gasteiger partial charge in [-0.15, -0.1) is 0 Å². The summed E-state index contributed by atoms with van der Waals surface area (Å²) in [6.07, 6.45) is 0.491. The number of nitrogens with zero attached hydrogens (tertiary/aromatic N) is 1. The highest BCUT2D eigenvalue weighted by atomic mass is 35.5. The molecule has 0 aliphatic rings. The van der Waals surface area contributed by atoms with Crippen LogP contribution in [0.5, 0.6) is 0 Å². The smallest absolute Gasteiger partial charge is 0.314 e. The second-order valence-corrected chi connectivity index (χ2v) is 6.37. The summed E-state index contributed by atoms with van der Waals surface area (Å²) in [6.45, 7) is 7.31. The van der Waals surface area contributed by atoms with E-state index in [1.165, 1.54) is 0 Å². The highest BCUT2D eigenvalue weighted by Gasteiger charge is 2.21. The number of ether oxygens (including phenoxy) is 1. The van der Waals surface area contributed by atoms with Crippen LogP contribution >= 0.6 is 11.6 Å². The molecule has 0 heterocycles. The van der Waals surface area contributed by atoms with Gasteiger partial charge in [0, 0.05) is 29.3 Å². The molecule has 0 aliphatic carbocycles. The van der Waals surface area contributed by atoms with Crippen LogP contribution in [0.1, 0.15) is 45.6 Å². The molecule has 0 saturated carbocycles. The lowest BCUT2D eigenvalue weighted by atomic mass is 10.0. The first kappa shape index (κ1) is 22.6. The third kappa shape index (κ3) is 7.38. The number of hydrogen-bond acceptors (Lipinski definition) is 5. The molecule has 0 bridgehead atoms. The van der Waals surface area contributed by atoms with Crippen LogP contribution < -0.4 is 10.7 Å². The Morgan fingerprint density at radius 2 is 1.85 bits per heavy atom. The van der Waals surface area contributed by atoms with E-state index in [0.717, 1.165) is 5.56 Å². The topological polar surface area (TPSA) is 96.9 Å². The van der Waals surface area contributed by atoms with Crippen LogP contribution in [0.3, 0.4) is 0 Å². The molecule has 1 rings (SSSR count). The van der Waals surface area contributed by atoms with E-state index in [4.69, 9.17) is 16.3 Å². The summed E-state index contributed by atoms with van der Waals surface area (Å²) in [5.41, 5.74) is 4.21. The van der Waals surface area contributed by atoms with E-state index in [2.05, 4.69) is 15.8 Å². The van der Waals surface area contributed by atoms with Crippen molar-refractivity contribution in [2.24, 2.45) is 11.0 Å². The molecule has 0 aliphatic heterocycles. The lowest BCUT2D eigenvalue weighted by Gasteiger charge is -2.13. The SMILES string of the molecule is CCOC(=O)C(CC)/C(C)=N/NC(=O)CCC(=O)Nc1cccc(Cl)c1C.